The fourth-order valence-corrected chi connectivity index (χ4v) is 2.76. The minimum atomic E-state index is -1.06. The Bertz CT molecular complexity index is 865. The van der Waals surface area contributed by atoms with Crippen molar-refractivity contribution in [3.8, 4) is 5.75 Å². The van der Waals surface area contributed by atoms with Crippen LogP contribution >= 0.6 is 0 Å². The summed E-state index contributed by atoms with van der Waals surface area (Å²) in [6.07, 6.45) is 0.796. The van der Waals surface area contributed by atoms with Crippen LogP contribution in [0.2, 0.25) is 0 Å². The highest BCUT2D eigenvalue weighted by molar-refractivity contribution is 5.98. The third kappa shape index (κ3) is 5.81. The van der Waals surface area contributed by atoms with Gasteiger partial charge < -0.3 is 20.1 Å². The van der Waals surface area contributed by atoms with Crippen molar-refractivity contribution in [3.05, 3.63) is 65.7 Å². The van der Waals surface area contributed by atoms with Crippen molar-refractivity contribution in [2.75, 3.05) is 13.2 Å². The number of benzene rings is 2. The second-order valence-electron chi connectivity index (χ2n) is 6.68. The zero-order valence-electron chi connectivity index (χ0n) is 16.2. The van der Waals surface area contributed by atoms with E-state index in [0.29, 0.717) is 23.5 Å². The van der Waals surface area contributed by atoms with Crippen LogP contribution in [0.4, 0.5) is 0 Å². The highest BCUT2D eigenvalue weighted by Crippen LogP contribution is 2.23. The summed E-state index contributed by atoms with van der Waals surface area (Å²) in [5.74, 6) is -1.08. The molecule has 2 aromatic rings. The minimum absolute atomic E-state index is 0.141. The lowest BCUT2D eigenvalue weighted by atomic mass is 10.1. The van der Waals surface area contributed by atoms with Gasteiger partial charge in [0, 0.05) is 11.6 Å². The van der Waals surface area contributed by atoms with Gasteiger partial charge in [0.05, 0.1) is 12.2 Å². The maximum absolute atomic E-state index is 12.5. The molecule has 0 bridgehead atoms. The Labute approximate surface area is 169 Å². The van der Waals surface area contributed by atoms with E-state index >= 15 is 0 Å². The lowest BCUT2D eigenvalue weighted by molar-refractivity contribution is -0.155. The lowest BCUT2D eigenvalue weighted by Crippen LogP contribution is -2.36. The highest BCUT2D eigenvalue weighted by atomic mass is 16.5. The summed E-state index contributed by atoms with van der Waals surface area (Å²) in [5.41, 5.74) is 0.903. The Morgan fingerprint density at radius 2 is 1.72 bits per heavy atom. The molecule has 0 saturated heterocycles. The molecule has 1 aliphatic carbocycles. The van der Waals surface area contributed by atoms with Gasteiger partial charge in [-0.1, -0.05) is 42.5 Å². The molecule has 1 atom stereocenters. The van der Waals surface area contributed by atoms with Gasteiger partial charge in [-0.15, -0.1) is 0 Å². The van der Waals surface area contributed by atoms with Gasteiger partial charge in [-0.25, -0.2) is 0 Å². The van der Waals surface area contributed by atoms with E-state index in [9.17, 15) is 14.4 Å². The maximum atomic E-state index is 12.5. The Morgan fingerprint density at radius 3 is 2.41 bits per heavy atom. The average Bonchev–Trinajstić information content (AvgIpc) is 3.55. The van der Waals surface area contributed by atoms with Gasteiger partial charge in [-0.3, -0.25) is 14.4 Å². The lowest BCUT2D eigenvalue weighted by Gasteiger charge is -2.18. The standard InChI is InChI=1S/C22H24N2O5/c1-2-28-18-11-7-6-10-17(18)21(26)23-14-19(25)29-20(15-8-4-3-5-9-15)22(27)24-16-12-13-16/h3-11,16,20H,2,12-14H2,1H3,(H,23,26)(H,24,27)/t20-/m0/s1. The van der Waals surface area contributed by atoms with Gasteiger partial charge in [0.2, 0.25) is 6.10 Å². The Morgan fingerprint density at radius 1 is 1.03 bits per heavy atom. The van der Waals surface area contributed by atoms with E-state index in [1.54, 1.807) is 48.5 Å². The van der Waals surface area contributed by atoms with Crippen LogP contribution < -0.4 is 15.4 Å². The van der Waals surface area contributed by atoms with E-state index in [2.05, 4.69) is 10.6 Å². The molecule has 152 valence electrons. The van der Waals surface area contributed by atoms with Crippen LogP contribution in [-0.4, -0.2) is 37.0 Å². The second kappa shape index (κ2) is 9.73. The Balaban J connectivity index is 1.61. The van der Waals surface area contributed by atoms with Crippen LogP contribution in [0, 0.1) is 0 Å². The fourth-order valence-electron chi connectivity index (χ4n) is 2.76. The third-order valence-corrected chi connectivity index (χ3v) is 4.34. The highest BCUT2D eigenvalue weighted by Gasteiger charge is 2.30. The summed E-state index contributed by atoms with van der Waals surface area (Å²) in [7, 11) is 0. The van der Waals surface area contributed by atoms with Crippen molar-refractivity contribution in [1.82, 2.24) is 10.6 Å². The summed E-state index contributed by atoms with van der Waals surface area (Å²) in [5, 5.41) is 5.37. The van der Waals surface area contributed by atoms with Gasteiger partial charge in [0.1, 0.15) is 12.3 Å². The molecule has 0 spiro atoms. The van der Waals surface area contributed by atoms with Crippen molar-refractivity contribution in [1.29, 1.82) is 0 Å². The van der Waals surface area contributed by atoms with Crippen molar-refractivity contribution in [2.24, 2.45) is 0 Å². The molecule has 29 heavy (non-hydrogen) atoms. The summed E-state index contributed by atoms with van der Waals surface area (Å²) in [4.78, 5) is 37.3. The molecule has 0 radical (unpaired) electrons. The molecule has 2 amide bonds. The first kappa shape index (κ1) is 20.4. The summed E-state index contributed by atoms with van der Waals surface area (Å²) >= 11 is 0. The molecule has 2 N–H and O–H groups in total. The molecule has 1 fully saturated rings. The molecule has 1 saturated carbocycles. The van der Waals surface area contributed by atoms with Gasteiger partial charge >= 0.3 is 5.97 Å². The van der Waals surface area contributed by atoms with Crippen LogP contribution in [0.15, 0.2) is 54.6 Å². The van der Waals surface area contributed by atoms with E-state index in [0.717, 1.165) is 12.8 Å². The first-order valence-electron chi connectivity index (χ1n) is 9.63. The van der Waals surface area contributed by atoms with Gasteiger partial charge in [-0.2, -0.15) is 0 Å². The minimum Gasteiger partial charge on any atom is -0.493 e. The molecule has 7 nitrogen and oxygen atoms in total. The molecule has 0 unspecified atom stereocenters. The van der Waals surface area contributed by atoms with Gasteiger partial charge in [-0.05, 0) is 31.9 Å². The SMILES string of the molecule is CCOc1ccccc1C(=O)NCC(=O)O[C@H](C(=O)NC1CC1)c1ccccc1. The smallest absolute Gasteiger partial charge is 0.326 e. The predicted molar refractivity (Wildman–Crippen MR) is 106 cm³/mol. The third-order valence-electron chi connectivity index (χ3n) is 4.34. The number of esters is 1. The zero-order valence-corrected chi connectivity index (χ0v) is 16.2. The van der Waals surface area contributed by atoms with Crippen molar-refractivity contribution in [3.63, 3.8) is 0 Å². The normalized spacial score (nSPS) is 13.8. The largest absolute Gasteiger partial charge is 0.493 e. The molecule has 3 rings (SSSR count). The van der Waals surface area contributed by atoms with Crippen LogP contribution in [-0.2, 0) is 14.3 Å². The number of carbonyl (C=O) groups excluding carboxylic acids is 3. The van der Waals surface area contributed by atoms with E-state index in [1.165, 1.54) is 0 Å². The number of hydrogen-bond donors (Lipinski definition) is 2. The number of nitrogens with one attached hydrogen (secondary N) is 2. The summed E-state index contributed by atoms with van der Waals surface area (Å²) < 4.78 is 10.8. The molecular formula is C22H24N2O5. The van der Waals surface area contributed by atoms with Crippen LogP contribution in [0.5, 0.6) is 5.75 Å². The maximum Gasteiger partial charge on any atom is 0.326 e. The predicted octanol–water partition coefficient (Wildman–Crippen LogP) is 2.38. The van der Waals surface area contributed by atoms with Gasteiger partial charge in [0.25, 0.3) is 11.8 Å². The number of amides is 2. The number of hydrogen-bond acceptors (Lipinski definition) is 5. The second-order valence-corrected chi connectivity index (χ2v) is 6.68. The van der Waals surface area contributed by atoms with E-state index in [4.69, 9.17) is 9.47 Å². The molecule has 2 aromatic carbocycles. The fraction of sp³-hybridized carbons (Fsp3) is 0.318. The number of ether oxygens (including phenoxy) is 2. The number of carbonyl (C=O) groups is 3. The summed E-state index contributed by atoms with van der Waals surface area (Å²) in [6, 6.07) is 15.7. The quantitative estimate of drug-likeness (QED) is 0.635. The molecule has 7 heteroatoms. The zero-order chi connectivity index (χ0) is 20.6. The first-order valence-corrected chi connectivity index (χ1v) is 9.63. The number of rotatable bonds is 9. The Kier molecular flexibility index (Phi) is 6.84. The molecule has 0 aliphatic heterocycles. The number of para-hydroxylation sites is 1. The van der Waals surface area contributed by atoms with Gasteiger partial charge in [0.15, 0.2) is 0 Å². The molecule has 1 aliphatic rings. The molecule has 0 aromatic heterocycles. The van der Waals surface area contributed by atoms with E-state index < -0.39 is 18.0 Å². The van der Waals surface area contributed by atoms with Crippen molar-refractivity contribution >= 4 is 17.8 Å². The molecular weight excluding hydrogens is 372 g/mol. The van der Waals surface area contributed by atoms with Crippen molar-refractivity contribution in [2.45, 2.75) is 31.9 Å². The molecule has 0 heterocycles. The average molecular weight is 396 g/mol. The monoisotopic (exact) mass is 396 g/mol. The van der Waals surface area contributed by atoms with Crippen LogP contribution in [0.25, 0.3) is 0 Å². The summed E-state index contributed by atoms with van der Waals surface area (Å²) in [6.45, 7) is 1.88. The first-order chi connectivity index (χ1) is 14.1. The Hall–Kier alpha value is -3.35. The van der Waals surface area contributed by atoms with Crippen molar-refractivity contribution < 1.29 is 23.9 Å². The topological polar surface area (TPSA) is 93.7 Å². The van der Waals surface area contributed by atoms with E-state index in [-0.39, 0.29) is 18.5 Å². The van der Waals surface area contributed by atoms with Crippen LogP contribution in [0.3, 0.4) is 0 Å². The van der Waals surface area contributed by atoms with E-state index in [1.807, 2.05) is 13.0 Å². The van der Waals surface area contributed by atoms with Crippen LogP contribution in [0.1, 0.15) is 41.8 Å².